The lowest BCUT2D eigenvalue weighted by Crippen LogP contribution is -2.00. The number of carbonyl (C=O) groups is 1. The summed E-state index contributed by atoms with van der Waals surface area (Å²) in [6.45, 7) is 0. The van der Waals surface area contributed by atoms with Crippen LogP contribution in [0.4, 0.5) is 0 Å². The molecule has 80 valence electrons. The van der Waals surface area contributed by atoms with Crippen LogP contribution < -0.4 is 0 Å². The summed E-state index contributed by atoms with van der Waals surface area (Å²) < 4.78 is 5.31. The molecule has 0 fully saturated rings. The highest BCUT2D eigenvalue weighted by atomic mass is 35.5. The summed E-state index contributed by atoms with van der Waals surface area (Å²) in [5, 5.41) is 8.53. The van der Waals surface area contributed by atoms with Crippen LogP contribution in [0, 0.1) is 11.3 Å². The molecule has 2 aromatic rings. The Morgan fingerprint density at radius 2 is 2.38 bits per heavy atom. The van der Waals surface area contributed by atoms with Crippen molar-refractivity contribution in [1.29, 1.82) is 5.26 Å². The molecule has 2 rings (SSSR count). The zero-order valence-corrected chi connectivity index (χ0v) is 8.99. The fourth-order valence-electron chi connectivity index (χ4n) is 1.43. The van der Waals surface area contributed by atoms with Crippen molar-refractivity contribution in [3.63, 3.8) is 0 Å². The van der Waals surface area contributed by atoms with E-state index in [4.69, 9.17) is 21.3 Å². The van der Waals surface area contributed by atoms with Crippen LogP contribution in [0.3, 0.4) is 0 Å². The lowest BCUT2D eigenvalue weighted by Gasteiger charge is -1.95. The minimum Gasteiger partial charge on any atom is -0.440 e. The number of aromatic nitrogens is 1. The van der Waals surface area contributed by atoms with Gasteiger partial charge in [0.05, 0.1) is 11.9 Å². The van der Waals surface area contributed by atoms with Crippen molar-refractivity contribution in [3.05, 3.63) is 29.7 Å². The number of alkyl halides is 1. The van der Waals surface area contributed by atoms with E-state index in [1.165, 1.54) is 0 Å². The van der Waals surface area contributed by atoms with Gasteiger partial charge < -0.3 is 4.42 Å². The monoisotopic (exact) mass is 234 g/mol. The van der Waals surface area contributed by atoms with Gasteiger partial charge in [-0.2, -0.15) is 5.26 Å². The van der Waals surface area contributed by atoms with Gasteiger partial charge in [0.15, 0.2) is 11.4 Å². The Balaban J connectivity index is 2.59. The Hall–Kier alpha value is -1.86. The van der Waals surface area contributed by atoms with E-state index in [1.54, 1.807) is 18.2 Å². The van der Waals surface area contributed by atoms with Crippen LogP contribution in [0.25, 0.3) is 11.1 Å². The number of hydrogen-bond donors (Lipinski definition) is 0. The van der Waals surface area contributed by atoms with Crippen molar-refractivity contribution < 1.29 is 9.21 Å². The summed E-state index contributed by atoms with van der Waals surface area (Å²) in [6, 6.07) is 6.99. The van der Waals surface area contributed by atoms with E-state index in [1.807, 2.05) is 6.07 Å². The highest BCUT2D eigenvalue weighted by Gasteiger charge is 2.14. The number of Topliss-reactive ketones (excluding diaryl/α,β-unsaturated/α-hetero) is 1. The second-order valence-electron chi connectivity index (χ2n) is 3.15. The number of nitrogens with zero attached hydrogens (tertiary/aromatic N) is 2. The summed E-state index contributed by atoms with van der Waals surface area (Å²) in [4.78, 5) is 15.6. The maximum absolute atomic E-state index is 11.5. The summed E-state index contributed by atoms with van der Waals surface area (Å²) in [5.41, 5.74) is 1.40. The van der Waals surface area contributed by atoms with Gasteiger partial charge in [-0.25, -0.2) is 4.98 Å². The molecular weight excluding hydrogens is 228 g/mol. The van der Waals surface area contributed by atoms with Gasteiger partial charge in [0.1, 0.15) is 11.9 Å². The van der Waals surface area contributed by atoms with Crippen molar-refractivity contribution in [3.8, 4) is 6.07 Å². The summed E-state index contributed by atoms with van der Waals surface area (Å²) >= 11 is 5.49. The molecule has 0 saturated heterocycles. The third-order valence-electron chi connectivity index (χ3n) is 2.12. The van der Waals surface area contributed by atoms with Gasteiger partial charge >= 0.3 is 0 Å². The van der Waals surface area contributed by atoms with Crippen LogP contribution in [-0.2, 0) is 6.42 Å². The fourth-order valence-corrected chi connectivity index (χ4v) is 1.58. The molecule has 0 saturated carbocycles. The molecule has 0 amide bonds. The van der Waals surface area contributed by atoms with Gasteiger partial charge in [0.25, 0.3) is 0 Å². The normalized spacial score (nSPS) is 10.2. The van der Waals surface area contributed by atoms with Gasteiger partial charge in [0.2, 0.25) is 5.89 Å². The molecule has 16 heavy (non-hydrogen) atoms. The SMILES string of the molecule is N#CCc1nc2c(C(=O)CCl)cccc2o1. The Kier molecular flexibility index (Phi) is 2.88. The average Bonchev–Trinajstić information content (AvgIpc) is 2.70. The largest absolute Gasteiger partial charge is 0.440 e. The van der Waals surface area contributed by atoms with Crippen LogP contribution in [0.1, 0.15) is 16.2 Å². The number of oxazole rings is 1. The van der Waals surface area contributed by atoms with Gasteiger partial charge in [-0.15, -0.1) is 11.6 Å². The van der Waals surface area contributed by atoms with Crippen molar-refractivity contribution in [2.24, 2.45) is 0 Å². The maximum Gasteiger partial charge on any atom is 0.209 e. The van der Waals surface area contributed by atoms with E-state index in [-0.39, 0.29) is 18.1 Å². The van der Waals surface area contributed by atoms with E-state index < -0.39 is 0 Å². The van der Waals surface area contributed by atoms with E-state index in [2.05, 4.69) is 4.98 Å². The molecule has 0 aliphatic rings. The van der Waals surface area contributed by atoms with Crippen LogP contribution in [0.2, 0.25) is 0 Å². The average molecular weight is 235 g/mol. The molecule has 0 unspecified atom stereocenters. The van der Waals surface area contributed by atoms with Crippen LogP contribution in [0.15, 0.2) is 22.6 Å². The lowest BCUT2D eigenvalue weighted by molar-refractivity contribution is 0.102. The highest BCUT2D eigenvalue weighted by molar-refractivity contribution is 6.31. The molecule has 0 bridgehead atoms. The zero-order valence-electron chi connectivity index (χ0n) is 8.24. The summed E-state index contributed by atoms with van der Waals surface area (Å²) in [6.07, 6.45) is 0.0865. The first kappa shape index (κ1) is 10.7. The Morgan fingerprint density at radius 1 is 1.56 bits per heavy atom. The standard InChI is InChI=1S/C11H7ClN2O2/c12-6-8(15)7-2-1-3-9-11(7)14-10(16-9)4-5-13/h1-3H,4,6H2. The lowest BCUT2D eigenvalue weighted by atomic mass is 10.1. The predicted octanol–water partition coefficient (Wildman–Crippen LogP) is 2.32. The second-order valence-corrected chi connectivity index (χ2v) is 3.42. The highest BCUT2D eigenvalue weighted by Crippen LogP contribution is 2.20. The molecule has 0 atom stereocenters. The fraction of sp³-hybridized carbons (Fsp3) is 0.182. The van der Waals surface area contributed by atoms with Crippen molar-refractivity contribution in [2.45, 2.75) is 6.42 Å². The molecular formula is C11H7ClN2O2. The van der Waals surface area contributed by atoms with E-state index >= 15 is 0 Å². The summed E-state index contributed by atoms with van der Waals surface area (Å²) in [5.74, 6) is 0.0101. The van der Waals surface area contributed by atoms with E-state index in [9.17, 15) is 4.79 Å². The number of ketones is 1. The number of fused-ring (bicyclic) bond motifs is 1. The molecule has 1 aromatic heterocycles. The van der Waals surface area contributed by atoms with Crippen LogP contribution >= 0.6 is 11.6 Å². The Morgan fingerprint density at radius 3 is 3.06 bits per heavy atom. The van der Waals surface area contributed by atoms with Gasteiger partial charge in [-0.05, 0) is 12.1 Å². The van der Waals surface area contributed by atoms with Crippen molar-refractivity contribution in [1.82, 2.24) is 4.98 Å². The van der Waals surface area contributed by atoms with Crippen LogP contribution in [0.5, 0.6) is 0 Å². The molecule has 1 heterocycles. The number of carbonyl (C=O) groups excluding carboxylic acids is 1. The third kappa shape index (κ3) is 1.77. The van der Waals surface area contributed by atoms with Crippen molar-refractivity contribution in [2.75, 3.05) is 5.88 Å². The molecule has 5 heteroatoms. The van der Waals surface area contributed by atoms with Gasteiger partial charge in [-0.3, -0.25) is 4.79 Å². The molecule has 4 nitrogen and oxygen atoms in total. The quantitative estimate of drug-likeness (QED) is 0.604. The first-order valence-electron chi connectivity index (χ1n) is 4.61. The van der Waals surface area contributed by atoms with E-state index in [0.29, 0.717) is 22.6 Å². The second kappa shape index (κ2) is 4.33. The van der Waals surface area contributed by atoms with Crippen LogP contribution in [-0.4, -0.2) is 16.6 Å². The number of benzene rings is 1. The number of hydrogen-bond acceptors (Lipinski definition) is 4. The Bertz CT molecular complexity index is 583. The van der Waals surface area contributed by atoms with Crippen molar-refractivity contribution >= 4 is 28.5 Å². The zero-order chi connectivity index (χ0) is 11.5. The maximum atomic E-state index is 11.5. The van der Waals surface area contributed by atoms with E-state index in [0.717, 1.165) is 0 Å². The first-order valence-corrected chi connectivity index (χ1v) is 5.14. The number of halogens is 1. The van der Waals surface area contributed by atoms with Gasteiger partial charge in [-0.1, -0.05) is 6.07 Å². The molecule has 0 spiro atoms. The minimum atomic E-state index is -0.205. The summed E-state index contributed by atoms with van der Waals surface area (Å²) in [7, 11) is 0. The number of rotatable bonds is 3. The molecule has 0 N–H and O–H groups in total. The minimum absolute atomic E-state index is 0.0865. The smallest absolute Gasteiger partial charge is 0.209 e. The molecule has 0 aliphatic heterocycles. The topological polar surface area (TPSA) is 66.9 Å². The first-order chi connectivity index (χ1) is 7.76. The molecule has 0 radical (unpaired) electrons. The number of para-hydroxylation sites is 1. The Labute approximate surface area is 96.4 Å². The number of nitriles is 1. The third-order valence-corrected chi connectivity index (χ3v) is 2.36. The molecule has 0 aliphatic carbocycles. The molecule has 1 aromatic carbocycles. The predicted molar refractivity (Wildman–Crippen MR) is 58.4 cm³/mol. The van der Waals surface area contributed by atoms with Gasteiger partial charge in [0, 0.05) is 5.56 Å².